The quantitative estimate of drug-likeness (QED) is 0.405. The number of nitrogens with one attached hydrogen (secondary N) is 1. The third-order valence-electron chi connectivity index (χ3n) is 3.09. The molecule has 5 nitrogen and oxygen atoms in total. The van der Waals surface area contributed by atoms with Crippen LogP contribution >= 0.6 is 24.0 Å². The molecular weight excluding hydrogens is 417 g/mol. The average molecular weight is 441 g/mol. The molecule has 0 aliphatic rings. The minimum absolute atomic E-state index is 0. The van der Waals surface area contributed by atoms with E-state index in [1.807, 2.05) is 62.4 Å². The van der Waals surface area contributed by atoms with Gasteiger partial charge in [-0.15, -0.1) is 24.0 Å². The number of halogens is 1. The molecule has 0 amide bonds. The van der Waals surface area contributed by atoms with E-state index in [-0.39, 0.29) is 30.0 Å². The van der Waals surface area contributed by atoms with E-state index in [0.29, 0.717) is 24.0 Å². The molecule has 0 radical (unpaired) electrons. The van der Waals surface area contributed by atoms with Crippen molar-refractivity contribution in [3.63, 3.8) is 0 Å². The van der Waals surface area contributed by atoms with Gasteiger partial charge in [0, 0.05) is 6.04 Å². The van der Waals surface area contributed by atoms with Gasteiger partial charge in [0.1, 0.15) is 5.75 Å². The van der Waals surface area contributed by atoms with E-state index in [2.05, 4.69) is 10.3 Å². The van der Waals surface area contributed by atoms with E-state index in [1.165, 1.54) is 0 Å². The Morgan fingerprint density at radius 1 is 1.08 bits per heavy atom. The Kier molecular flexibility index (Phi) is 8.39. The molecule has 24 heavy (non-hydrogen) atoms. The molecule has 130 valence electrons. The fraction of sp³-hybridized carbons (Fsp3) is 0.278. The normalized spacial score (nSPS) is 10.9. The number of benzene rings is 2. The van der Waals surface area contributed by atoms with Crippen LogP contribution in [-0.4, -0.2) is 19.1 Å². The third kappa shape index (κ3) is 6.27. The Morgan fingerprint density at radius 2 is 1.71 bits per heavy atom. The number of rotatable bonds is 6. The monoisotopic (exact) mass is 441 g/mol. The molecule has 0 aliphatic carbocycles. The fourth-order valence-corrected chi connectivity index (χ4v) is 2.01. The number of ether oxygens (including phenoxy) is 2. The summed E-state index contributed by atoms with van der Waals surface area (Å²) in [5.41, 5.74) is 6.85. The second-order valence-electron chi connectivity index (χ2n) is 5.40. The van der Waals surface area contributed by atoms with Gasteiger partial charge in [-0.3, -0.25) is 0 Å². The number of nitrogens with zero attached hydrogens (tertiary/aromatic N) is 1. The lowest BCUT2D eigenvalue weighted by atomic mass is 10.2. The SMILES string of the molecule is COc1ccccc1Oc1ccc(CN=C(N)NC(C)C)cc1.I. The Labute approximate surface area is 160 Å². The third-order valence-corrected chi connectivity index (χ3v) is 3.09. The van der Waals surface area contributed by atoms with E-state index in [0.717, 1.165) is 11.3 Å². The van der Waals surface area contributed by atoms with Gasteiger partial charge in [-0.25, -0.2) is 4.99 Å². The largest absolute Gasteiger partial charge is 0.493 e. The molecule has 6 heteroatoms. The Bertz CT molecular complexity index is 658. The summed E-state index contributed by atoms with van der Waals surface area (Å²) in [6.07, 6.45) is 0. The molecule has 0 fully saturated rings. The molecule has 0 aliphatic heterocycles. The van der Waals surface area contributed by atoms with Crippen molar-refractivity contribution < 1.29 is 9.47 Å². The lowest BCUT2D eigenvalue weighted by Crippen LogP contribution is -2.36. The average Bonchev–Trinajstić information content (AvgIpc) is 2.54. The van der Waals surface area contributed by atoms with Crippen LogP contribution in [0.5, 0.6) is 17.2 Å². The second-order valence-corrected chi connectivity index (χ2v) is 5.40. The zero-order chi connectivity index (χ0) is 16.7. The first-order valence-electron chi connectivity index (χ1n) is 7.54. The maximum Gasteiger partial charge on any atom is 0.189 e. The minimum Gasteiger partial charge on any atom is -0.493 e. The second kappa shape index (κ2) is 10.0. The van der Waals surface area contributed by atoms with Crippen LogP contribution in [0.1, 0.15) is 19.4 Å². The van der Waals surface area contributed by atoms with Crippen LogP contribution in [0.2, 0.25) is 0 Å². The van der Waals surface area contributed by atoms with E-state index in [4.69, 9.17) is 15.2 Å². The number of para-hydroxylation sites is 2. The van der Waals surface area contributed by atoms with Gasteiger partial charge in [-0.1, -0.05) is 24.3 Å². The summed E-state index contributed by atoms with van der Waals surface area (Å²) >= 11 is 0. The maximum absolute atomic E-state index is 5.84. The van der Waals surface area contributed by atoms with Crippen molar-refractivity contribution >= 4 is 29.9 Å². The van der Waals surface area contributed by atoms with Crippen LogP contribution in [0.3, 0.4) is 0 Å². The zero-order valence-electron chi connectivity index (χ0n) is 14.2. The topological polar surface area (TPSA) is 68.9 Å². The van der Waals surface area contributed by atoms with Crippen molar-refractivity contribution in [2.75, 3.05) is 7.11 Å². The van der Waals surface area contributed by atoms with Crippen molar-refractivity contribution in [1.29, 1.82) is 0 Å². The summed E-state index contributed by atoms with van der Waals surface area (Å²) in [5, 5.41) is 3.06. The number of hydrogen-bond donors (Lipinski definition) is 2. The molecule has 0 saturated heterocycles. The van der Waals surface area contributed by atoms with Crippen molar-refractivity contribution in [1.82, 2.24) is 5.32 Å². The van der Waals surface area contributed by atoms with Gasteiger partial charge < -0.3 is 20.5 Å². The predicted molar refractivity (Wildman–Crippen MR) is 109 cm³/mol. The number of aliphatic imine (C=N–C) groups is 1. The molecule has 2 aromatic rings. The number of guanidine groups is 1. The number of hydrogen-bond acceptors (Lipinski definition) is 3. The highest BCUT2D eigenvalue weighted by Crippen LogP contribution is 2.30. The molecule has 2 rings (SSSR count). The fourth-order valence-electron chi connectivity index (χ4n) is 2.01. The molecular formula is C18H24IN3O2. The van der Waals surface area contributed by atoms with Crippen molar-refractivity contribution in [2.24, 2.45) is 10.7 Å². The lowest BCUT2D eigenvalue weighted by Gasteiger charge is -2.10. The molecule has 0 atom stereocenters. The minimum atomic E-state index is 0. The summed E-state index contributed by atoms with van der Waals surface area (Å²) in [6, 6.07) is 15.6. The summed E-state index contributed by atoms with van der Waals surface area (Å²) in [7, 11) is 1.62. The highest BCUT2D eigenvalue weighted by atomic mass is 127. The number of methoxy groups -OCH3 is 1. The van der Waals surface area contributed by atoms with Crippen molar-refractivity contribution in [3.8, 4) is 17.2 Å². The van der Waals surface area contributed by atoms with Crippen molar-refractivity contribution in [2.45, 2.75) is 26.4 Å². The predicted octanol–water partition coefficient (Wildman–Crippen LogP) is 3.92. The molecule has 0 aromatic heterocycles. The summed E-state index contributed by atoms with van der Waals surface area (Å²) in [6.45, 7) is 4.57. The lowest BCUT2D eigenvalue weighted by molar-refractivity contribution is 0.379. The molecule has 0 saturated carbocycles. The first-order chi connectivity index (χ1) is 11.1. The zero-order valence-corrected chi connectivity index (χ0v) is 16.5. The molecule has 0 spiro atoms. The first-order valence-corrected chi connectivity index (χ1v) is 7.54. The van der Waals surface area contributed by atoms with E-state index < -0.39 is 0 Å². The Morgan fingerprint density at radius 3 is 2.29 bits per heavy atom. The van der Waals surface area contributed by atoms with Crippen LogP contribution in [-0.2, 0) is 6.54 Å². The molecule has 3 N–H and O–H groups in total. The van der Waals surface area contributed by atoms with Gasteiger partial charge in [-0.05, 0) is 43.7 Å². The first kappa shape index (κ1) is 20.1. The van der Waals surface area contributed by atoms with Gasteiger partial charge in [-0.2, -0.15) is 0 Å². The smallest absolute Gasteiger partial charge is 0.189 e. The number of nitrogens with two attached hydrogens (primary N) is 1. The summed E-state index contributed by atoms with van der Waals surface area (Å²) < 4.78 is 11.1. The summed E-state index contributed by atoms with van der Waals surface area (Å²) in [4.78, 5) is 4.30. The molecule has 2 aromatic carbocycles. The van der Waals surface area contributed by atoms with Gasteiger partial charge >= 0.3 is 0 Å². The van der Waals surface area contributed by atoms with E-state index in [1.54, 1.807) is 7.11 Å². The van der Waals surface area contributed by atoms with Gasteiger partial charge in [0.15, 0.2) is 17.5 Å². The van der Waals surface area contributed by atoms with Gasteiger partial charge in [0.25, 0.3) is 0 Å². The highest BCUT2D eigenvalue weighted by molar-refractivity contribution is 14.0. The van der Waals surface area contributed by atoms with Crippen LogP contribution < -0.4 is 20.5 Å². The van der Waals surface area contributed by atoms with Crippen molar-refractivity contribution in [3.05, 3.63) is 54.1 Å². The molecule has 0 heterocycles. The Balaban J connectivity index is 0.00000288. The van der Waals surface area contributed by atoms with Crippen LogP contribution in [0.4, 0.5) is 0 Å². The molecule has 0 unspecified atom stereocenters. The highest BCUT2D eigenvalue weighted by Gasteiger charge is 2.04. The van der Waals surface area contributed by atoms with Gasteiger partial charge in [0.05, 0.1) is 13.7 Å². The van der Waals surface area contributed by atoms with Crippen LogP contribution in [0.15, 0.2) is 53.5 Å². The Hall–Kier alpha value is -1.96. The molecule has 0 bridgehead atoms. The van der Waals surface area contributed by atoms with E-state index >= 15 is 0 Å². The van der Waals surface area contributed by atoms with E-state index in [9.17, 15) is 0 Å². The standard InChI is InChI=1S/C18H23N3O2.HI/c1-13(2)21-18(19)20-12-14-8-10-15(11-9-14)23-17-7-5-4-6-16(17)22-3;/h4-11,13H,12H2,1-3H3,(H3,19,20,21);1H. The maximum atomic E-state index is 5.84. The van der Waals surface area contributed by atoms with Gasteiger partial charge in [0.2, 0.25) is 0 Å². The summed E-state index contributed by atoms with van der Waals surface area (Å²) in [5.74, 6) is 2.59. The van der Waals surface area contributed by atoms with Crippen LogP contribution in [0.25, 0.3) is 0 Å². The van der Waals surface area contributed by atoms with Crippen LogP contribution in [0, 0.1) is 0 Å².